The van der Waals surface area contributed by atoms with Gasteiger partial charge in [-0.05, 0) is 31.6 Å². The minimum Gasteiger partial charge on any atom is -0.268 e. The molecule has 0 bridgehead atoms. The van der Waals surface area contributed by atoms with Gasteiger partial charge in [0.05, 0.1) is 11.9 Å². The SMILES string of the molecule is O=S(=O)(c1cnn2c1CCC2)N1CCC(c2cn3ncnc3cc2F)CC1. The molecule has 0 saturated carbocycles. The maximum atomic E-state index is 14.5. The van der Waals surface area contributed by atoms with E-state index in [2.05, 4.69) is 15.2 Å². The van der Waals surface area contributed by atoms with E-state index in [9.17, 15) is 12.8 Å². The molecule has 3 aromatic rings. The molecule has 1 fully saturated rings. The first-order valence-electron chi connectivity index (χ1n) is 9.07. The Morgan fingerprint density at radius 3 is 2.78 bits per heavy atom. The van der Waals surface area contributed by atoms with E-state index < -0.39 is 10.0 Å². The summed E-state index contributed by atoms with van der Waals surface area (Å²) < 4.78 is 45.4. The first kappa shape index (κ1) is 16.8. The van der Waals surface area contributed by atoms with Gasteiger partial charge in [-0.1, -0.05) is 0 Å². The summed E-state index contributed by atoms with van der Waals surface area (Å²) >= 11 is 0. The molecule has 0 atom stereocenters. The van der Waals surface area contributed by atoms with Gasteiger partial charge >= 0.3 is 0 Å². The second-order valence-corrected chi connectivity index (χ2v) is 9.01. The van der Waals surface area contributed by atoms with Crippen LogP contribution in [0.4, 0.5) is 4.39 Å². The number of hydrogen-bond acceptors (Lipinski definition) is 5. The summed E-state index contributed by atoms with van der Waals surface area (Å²) in [6, 6.07) is 1.38. The van der Waals surface area contributed by atoms with Gasteiger partial charge in [-0.15, -0.1) is 0 Å². The Kier molecular flexibility index (Phi) is 3.80. The number of aromatic nitrogens is 5. The van der Waals surface area contributed by atoms with E-state index in [1.807, 2.05) is 0 Å². The summed E-state index contributed by atoms with van der Waals surface area (Å²) in [6.45, 7) is 1.51. The van der Waals surface area contributed by atoms with E-state index in [4.69, 9.17) is 0 Å². The number of sulfonamides is 1. The number of fused-ring (bicyclic) bond motifs is 2. The highest BCUT2D eigenvalue weighted by molar-refractivity contribution is 7.89. The molecule has 0 N–H and O–H groups in total. The first-order valence-corrected chi connectivity index (χ1v) is 10.5. The van der Waals surface area contributed by atoms with Crippen molar-refractivity contribution in [1.29, 1.82) is 0 Å². The van der Waals surface area contributed by atoms with E-state index in [1.165, 1.54) is 22.9 Å². The summed E-state index contributed by atoms with van der Waals surface area (Å²) in [4.78, 5) is 4.31. The summed E-state index contributed by atoms with van der Waals surface area (Å²) in [5.74, 6) is -0.353. The van der Waals surface area contributed by atoms with Crippen molar-refractivity contribution in [3.8, 4) is 0 Å². The fourth-order valence-electron chi connectivity index (χ4n) is 4.15. The molecule has 0 radical (unpaired) electrons. The highest BCUT2D eigenvalue weighted by Gasteiger charge is 2.34. The maximum Gasteiger partial charge on any atom is 0.246 e. The molecule has 10 heteroatoms. The third kappa shape index (κ3) is 2.66. The van der Waals surface area contributed by atoms with Crippen molar-refractivity contribution in [2.45, 2.75) is 43.0 Å². The maximum absolute atomic E-state index is 14.5. The standard InChI is InChI=1S/C17H19FN6O2S/c18-14-8-17-19-11-21-24(17)10-13(14)12-3-6-22(7-4-12)27(25,26)16-9-20-23-5-1-2-15(16)23/h8-12H,1-7H2. The molecule has 5 heterocycles. The summed E-state index contributed by atoms with van der Waals surface area (Å²) in [5.41, 5.74) is 1.84. The van der Waals surface area contributed by atoms with Crippen LogP contribution in [0.2, 0.25) is 0 Å². The van der Waals surface area contributed by atoms with Gasteiger partial charge in [0.15, 0.2) is 5.65 Å². The lowest BCUT2D eigenvalue weighted by Crippen LogP contribution is -2.38. The molecular weight excluding hydrogens is 371 g/mol. The Morgan fingerprint density at radius 2 is 1.96 bits per heavy atom. The molecule has 0 spiro atoms. The van der Waals surface area contributed by atoms with E-state index in [0.29, 0.717) is 42.0 Å². The fraction of sp³-hybridized carbons (Fsp3) is 0.471. The van der Waals surface area contributed by atoms with Gasteiger partial charge in [-0.2, -0.15) is 14.5 Å². The van der Waals surface area contributed by atoms with Crippen LogP contribution in [-0.2, 0) is 23.0 Å². The van der Waals surface area contributed by atoms with E-state index in [-0.39, 0.29) is 11.7 Å². The van der Waals surface area contributed by atoms with Crippen molar-refractivity contribution < 1.29 is 12.8 Å². The van der Waals surface area contributed by atoms with Crippen molar-refractivity contribution in [1.82, 2.24) is 28.7 Å². The number of nitrogens with zero attached hydrogens (tertiary/aromatic N) is 6. The van der Waals surface area contributed by atoms with Gasteiger partial charge in [0.25, 0.3) is 0 Å². The summed E-state index contributed by atoms with van der Waals surface area (Å²) in [6.07, 6.45) is 7.33. The lowest BCUT2D eigenvalue weighted by Gasteiger charge is -2.31. The third-order valence-corrected chi connectivity index (χ3v) is 7.54. The lowest BCUT2D eigenvalue weighted by molar-refractivity contribution is 0.315. The molecule has 8 nitrogen and oxygen atoms in total. The fourth-order valence-corrected chi connectivity index (χ4v) is 5.80. The van der Waals surface area contributed by atoms with E-state index in [1.54, 1.807) is 15.4 Å². The highest BCUT2D eigenvalue weighted by Crippen LogP contribution is 2.33. The van der Waals surface area contributed by atoms with Gasteiger partial charge in [0.2, 0.25) is 10.0 Å². The van der Waals surface area contributed by atoms with Crippen molar-refractivity contribution in [2.24, 2.45) is 0 Å². The monoisotopic (exact) mass is 390 g/mol. The van der Waals surface area contributed by atoms with Gasteiger partial charge in [0, 0.05) is 37.5 Å². The van der Waals surface area contributed by atoms with Gasteiger partial charge < -0.3 is 0 Å². The number of halogens is 1. The van der Waals surface area contributed by atoms with Gasteiger partial charge in [0.1, 0.15) is 17.0 Å². The minimum absolute atomic E-state index is 0.0390. The molecule has 0 aromatic carbocycles. The molecule has 0 amide bonds. The molecular formula is C17H19FN6O2S. The Labute approximate surface area is 155 Å². The van der Waals surface area contributed by atoms with Crippen LogP contribution in [0.3, 0.4) is 0 Å². The number of pyridine rings is 1. The molecule has 142 valence electrons. The van der Waals surface area contributed by atoms with Crippen LogP contribution in [0.5, 0.6) is 0 Å². The lowest BCUT2D eigenvalue weighted by atomic mass is 9.91. The highest BCUT2D eigenvalue weighted by atomic mass is 32.2. The Morgan fingerprint density at radius 1 is 1.15 bits per heavy atom. The molecule has 5 rings (SSSR count). The zero-order valence-corrected chi connectivity index (χ0v) is 15.4. The summed E-state index contributed by atoms with van der Waals surface area (Å²) in [7, 11) is -3.56. The molecule has 3 aromatic heterocycles. The van der Waals surface area contributed by atoms with Crippen molar-refractivity contribution >= 4 is 15.7 Å². The largest absolute Gasteiger partial charge is 0.268 e. The van der Waals surface area contributed by atoms with Crippen molar-refractivity contribution in [3.05, 3.63) is 41.9 Å². The zero-order chi connectivity index (χ0) is 18.6. The van der Waals surface area contributed by atoms with Crippen LogP contribution in [0.1, 0.15) is 36.4 Å². The number of aryl methyl sites for hydroxylation is 1. The van der Waals surface area contributed by atoms with Crippen molar-refractivity contribution in [3.63, 3.8) is 0 Å². The molecule has 0 aliphatic carbocycles. The van der Waals surface area contributed by atoms with E-state index in [0.717, 1.165) is 25.1 Å². The topological polar surface area (TPSA) is 85.4 Å². The van der Waals surface area contributed by atoms with Crippen molar-refractivity contribution in [2.75, 3.05) is 13.1 Å². The molecule has 0 unspecified atom stereocenters. The quantitative estimate of drug-likeness (QED) is 0.678. The predicted molar refractivity (Wildman–Crippen MR) is 94.2 cm³/mol. The van der Waals surface area contributed by atoms with Gasteiger partial charge in [-0.25, -0.2) is 22.3 Å². The van der Waals surface area contributed by atoms with Gasteiger partial charge in [-0.3, -0.25) is 4.68 Å². The minimum atomic E-state index is -3.56. The Bertz CT molecular complexity index is 1110. The number of rotatable bonds is 3. The number of hydrogen-bond donors (Lipinski definition) is 0. The Balaban J connectivity index is 1.37. The van der Waals surface area contributed by atoms with Crippen LogP contribution in [0.15, 0.2) is 29.7 Å². The first-order chi connectivity index (χ1) is 13.0. The molecule has 2 aliphatic heterocycles. The molecule has 2 aliphatic rings. The second kappa shape index (κ2) is 6.10. The van der Waals surface area contributed by atoms with Crippen LogP contribution in [0.25, 0.3) is 5.65 Å². The van der Waals surface area contributed by atoms with Crippen LogP contribution in [0, 0.1) is 5.82 Å². The predicted octanol–water partition coefficient (Wildman–Crippen LogP) is 1.58. The Hall–Kier alpha value is -2.33. The van der Waals surface area contributed by atoms with Crippen LogP contribution < -0.4 is 0 Å². The average Bonchev–Trinajstić information content (AvgIpc) is 3.37. The number of piperidine rings is 1. The smallest absolute Gasteiger partial charge is 0.246 e. The second-order valence-electron chi connectivity index (χ2n) is 7.10. The average molecular weight is 390 g/mol. The summed E-state index contributed by atoms with van der Waals surface area (Å²) in [5, 5.41) is 8.26. The molecule has 1 saturated heterocycles. The molecule has 27 heavy (non-hydrogen) atoms. The third-order valence-electron chi connectivity index (χ3n) is 5.60. The zero-order valence-electron chi connectivity index (χ0n) is 14.6. The van der Waals surface area contributed by atoms with Crippen LogP contribution in [-0.4, -0.2) is 50.2 Å². The van der Waals surface area contributed by atoms with E-state index >= 15 is 0 Å². The normalized spacial score (nSPS) is 19.0. The van der Waals surface area contributed by atoms with Crippen LogP contribution >= 0.6 is 0 Å².